The SMILES string of the molecule is C[Si](C)(C)OC1C=C(C(F)(F)F)CC(C#N)(C#N)C1(C#N)C#N. The van der Waals surface area contributed by atoms with Crippen molar-refractivity contribution in [1.82, 2.24) is 0 Å². The van der Waals surface area contributed by atoms with Crippen LogP contribution >= 0.6 is 0 Å². The zero-order valence-electron chi connectivity index (χ0n) is 12.7. The van der Waals surface area contributed by atoms with Gasteiger partial charge in [0, 0.05) is 12.0 Å². The van der Waals surface area contributed by atoms with Crippen molar-refractivity contribution in [2.45, 2.75) is 38.3 Å². The second kappa shape index (κ2) is 5.70. The molecule has 0 spiro atoms. The Morgan fingerprint density at radius 3 is 1.87 bits per heavy atom. The number of halogens is 3. The van der Waals surface area contributed by atoms with Gasteiger partial charge in [-0.1, -0.05) is 0 Å². The van der Waals surface area contributed by atoms with Crippen molar-refractivity contribution in [2.24, 2.45) is 10.8 Å². The first-order valence-electron chi connectivity index (χ1n) is 6.52. The lowest BCUT2D eigenvalue weighted by Crippen LogP contribution is -2.54. The predicted octanol–water partition coefficient (Wildman–Crippen LogP) is 3.17. The molecule has 1 unspecified atom stereocenters. The highest BCUT2D eigenvalue weighted by Crippen LogP contribution is 2.53. The Hall–Kier alpha value is -2.33. The summed E-state index contributed by atoms with van der Waals surface area (Å²) >= 11 is 0. The van der Waals surface area contributed by atoms with E-state index in [0.29, 0.717) is 6.08 Å². The van der Waals surface area contributed by atoms with Crippen LogP contribution in [0.1, 0.15) is 6.42 Å². The summed E-state index contributed by atoms with van der Waals surface area (Å²) in [5.41, 5.74) is -5.92. The first kappa shape index (κ1) is 18.7. The minimum absolute atomic E-state index is 0.664. The third-order valence-corrected chi connectivity index (χ3v) is 4.45. The molecule has 0 aromatic carbocycles. The van der Waals surface area contributed by atoms with Gasteiger partial charge in [0.1, 0.15) is 0 Å². The van der Waals surface area contributed by atoms with Gasteiger partial charge in [-0.15, -0.1) is 0 Å². The Bertz CT molecular complexity index is 666. The fourth-order valence-electron chi connectivity index (χ4n) is 2.36. The molecule has 0 N–H and O–H groups in total. The van der Waals surface area contributed by atoms with E-state index >= 15 is 0 Å². The first-order valence-corrected chi connectivity index (χ1v) is 9.93. The van der Waals surface area contributed by atoms with Crippen LogP contribution in [0.3, 0.4) is 0 Å². The maximum Gasteiger partial charge on any atom is 0.412 e. The first-order chi connectivity index (χ1) is 10.4. The second-order valence-electron chi connectivity index (χ2n) is 6.18. The van der Waals surface area contributed by atoms with Gasteiger partial charge in [0.05, 0.1) is 30.4 Å². The lowest BCUT2D eigenvalue weighted by atomic mass is 9.57. The van der Waals surface area contributed by atoms with E-state index in [9.17, 15) is 34.2 Å². The van der Waals surface area contributed by atoms with E-state index in [0.717, 1.165) is 0 Å². The average Bonchev–Trinajstić information content (AvgIpc) is 2.43. The molecule has 0 saturated carbocycles. The van der Waals surface area contributed by atoms with Gasteiger partial charge in [-0.3, -0.25) is 0 Å². The molecule has 120 valence electrons. The molecule has 1 aliphatic carbocycles. The molecule has 1 aliphatic rings. The Balaban J connectivity index is 3.73. The number of rotatable bonds is 2. The van der Waals surface area contributed by atoms with Crippen molar-refractivity contribution in [3.63, 3.8) is 0 Å². The number of nitrogens with zero attached hydrogens (tertiary/aromatic N) is 4. The van der Waals surface area contributed by atoms with Crippen LogP contribution in [0.2, 0.25) is 19.6 Å². The molecular formula is C14H13F3N4OSi. The molecule has 0 amide bonds. The number of hydrogen-bond acceptors (Lipinski definition) is 5. The second-order valence-corrected chi connectivity index (χ2v) is 10.6. The van der Waals surface area contributed by atoms with E-state index in [1.165, 1.54) is 12.1 Å². The van der Waals surface area contributed by atoms with Gasteiger partial charge >= 0.3 is 6.18 Å². The Labute approximate surface area is 132 Å². The van der Waals surface area contributed by atoms with Crippen LogP contribution < -0.4 is 0 Å². The molecule has 0 saturated heterocycles. The van der Waals surface area contributed by atoms with E-state index in [1.807, 2.05) is 0 Å². The zero-order valence-corrected chi connectivity index (χ0v) is 13.7. The van der Waals surface area contributed by atoms with Gasteiger partial charge in [0.2, 0.25) is 5.41 Å². The fourth-order valence-corrected chi connectivity index (χ4v) is 3.36. The van der Waals surface area contributed by atoms with Crippen LogP contribution in [-0.4, -0.2) is 20.6 Å². The summed E-state index contributed by atoms with van der Waals surface area (Å²) in [6, 6.07) is 6.10. The minimum atomic E-state index is -4.78. The highest BCUT2D eigenvalue weighted by atomic mass is 28.4. The number of alkyl halides is 3. The molecule has 0 aliphatic heterocycles. The molecule has 0 aromatic rings. The van der Waals surface area contributed by atoms with Crippen molar-refractivity contribution in [1.29, 1.82) is 21.0 Å². The van der Waals surface area contributed by atoms with Crippen LogP contribution in [-0.2, 0) is 4.43 Å². The Morgan fingerprint density at radius 2 is 1.57 bits per heavy atom. The van der Waals surface area contributed by atoms with E-state index in [2.05, 4.69) is 0 Å². The fraction of sp³-hybridized carbons (Fsp3) is 0.571. The van der Waals surface area contributed by atoms with Crippen LogP contribution in [0.25, 0.3) is 0 Å². The van der Waals surface area contributed by atoms with Crippen molar-refractivity contribution in [3.8, 4) is 24.3 Å². The van der Waals surface area contributed by atoms with E-state index < -0.39 is 43.4 Å². The van der Waals surface area contributed by atoms with Gasteiger partial charge in [0.15, 0.2) is 13.7 Å². The molecule has 9 heteroatoms. The summed E-state index contributed by atoms with van der Waals surface area (Å²) in [6.07, 6.45) is -6.76. The molecule has 0 heterocycles. The quantitative estimate of drug-likeness (QED) is 0.568. The van der Waals surface area contributed by atoms with Gasteiger partial charge in [-0.25, -0.2) is 0 Å². The molecule has 1 rings (SSSR count). The van der Waals surface area contributed by atoms with Crippen LogP contribution in [0, 0.1) is 56.2 Å². The summed E-state index contributed by atoms with van der Waals surface area (Å²) in [5, 5.41) is 37.5. The topological polar surface area (TPSA) is 104 Å². The maximum atomic E-state index is 13.1. The van der Waals surface area contributed by atoms with Crippen molar-refractivity contribution >= 4 is 8.32 Å². The lowest BCUT2D eigenvalue weighted by Gasteiger charge is -2.42. The standard InChI is InChI=1S/C14H13F3N4OSi/c1-23(2,3)22-11-4-10(14(15,16)17)5-12(6-18,7-19)13(11,8-20)9-21/h4,11H,5H2,1-3H3. The van der Waals surface area contributed by atoms with E-state index in [4.69, 9.17) is 4.43 Å². The van der Waals surface area contributed by atoms with Gasteiger partial charge in [0.25, 0.3) is 0 Å². The molecule has 0 aromatic heterocycles. The highest BCUT2D eigenvalue weighted by Gasteiger charge is 2.64. The molecule has 0 bridgehead atoms. The van der Waals surface area contributed by atoms with Gasteiger partial charge in [-0.05, 0) is 25.7 Å². The Morgan fingerprint density at radius 1 is 1.09 bits per heavy atom. The molecule has 5 nitrogen and oxygen atoms in total. The van der Waals surface area contributed by atoms with Crippen molar-refractivity contribution < 1.29 is 17.6 Å². The molecule has 0 fully saturated rings. The number of nitriles is 4. The number of allylic oxidation sites excluding steroid dienone is 1. The van der Waals surface area contributed by atoms with Crippen molar-refractivity contribution in [2.75, 3.05) is 0 Å². The minimum Gasteiger partial charge on any atom is -0.408 e. The monoisotopic (exact) mass is 338 g/mol. The summed E-state index contributed by atoms with van der Waals surface area (Å²) in [6.45, 7) is 5.01. The van der Waals surface area contributed by atoms with E-state index in [-0.39, 0.29) is 0 Å². The van der Waals surface area contributed by atoms with Gasteiger partial charge in [-0.2, -0.15) is 34.2 Å². The molecule has 1 atom stereocenters. The molecular weight excluding hydrogens is 325 g/mol. The average molecular weight is 338 g/mol. The Kier molecular flexibility index (Phi) is 4.64. The molecule has 23 heavy (non-hydrogen) atoms. The molecule has 0 radical (unpaired) electrons. The van der Waals surface area contributed by atoms with Crippen LogP contribution in [0.15, 0.2) is 11.6 Å². The summed E-state index contributed by atoms with van der Waals surface area (Å²) in [4.78, 5) is 0. The largest absolute Gasteiger partial charge is 0.412 e. The highest BCUT2D eigenvalue weighted by molar-refractivity contribution is 6.69. The predicted molar refractivity (Wildman–Crippen MR) is 74.3 cm³/mol. The maximum absolute atomic E-state index is 13.1. The van der Waals surface area contributed by atoms with Crippen molar-refractivity contribution in [3.05, 3.63) is 11.6 Å². The normalized spacial score (nSPS) is 22.7. The smallest absolute Gasteiger partial charge is 0.408 e. The van der Waals surface area contributed by atoms with Gasteiger partial charge < -0.3 is 4.43 Å². The lowest BCUT2D eigenvalue weighted by molar-refractivity contribution is -0.102. The third-order valence-electron chi connectivity index (χ3n) is 3.49. The van der Waals surface area contributed by atoms with Crippen LogP contribution in [0.4, 0.5) is 13.2 Å². The summed E-state index contributed by atoms with van der Waals surface area (Å²) in [7, 11) is -2.48. The number of hydrogen-bond donors (Lipinski definition) is 0. The van der Waals surface area contributed by atoms with Crippen LogP contribution in [0.5, 0.6) is 0 Å². The van der Waals surface area contributed by atoms with E-state index in [1.54, 1.807) is 31.8 Å². The summed E-state index contributed by atoms with van der Waals surface area (Å²) < 4.78 is 45.0. The summed E-state index contributed by atoms with van der Waals surface area (Å²) in [5.74, 6) is 0. The zero-order chi connectivity index (χ0) is 18.1. The third kappa shape index (κ3) is 3.08.